The van der Waals surface area contributed by atoms with Crippen LogP contribution in [0.4, 0.5) is 5.00 Å². The first kappa shape index (κ1) is 17.4. The van der Waals surface area contributed by atoms with Gasteiger partial charge < -0.3 is 14.5 Å². The van der Waals surface area contributed by atoms with Gasteiger partial charge >= 0.3 is 5.97 Å². The van der Waals surface area contributed by atoms with Crippen LogP contribution < -0.4 is 5.32 Å². The van der Waals surface area contributed by atoms with Gasteiger partial charge in [0, 0.05) is 0 Å². The van der Waals surface area contributed by atoms with E-state index in [0.29, 0.717) is 14.2 Å². The molecule has 0 spiro atoms. The maximum Gasteiger partial charge on any atom is 0.348 e. The second kappa shape index (κ2) is 7.64. The van der Waals surface area contributed by atoms with Gasteiger partial charge in [0.25, 0.3) is 5.91 Å². The summed E-state index contributed by atoms with van der Waals surface area (Å²) in [5.74, 6) is -1.22. The molecule has 3 rings (SSSR count). The molecule has 0 atom stereocenters. The molecule has 0 unspecified atom stereocenters. The standard InChI is InChI=1S/C16H10ClNO5S2/c17-13-5-3-11(24-13)9(19)8-23-16(21)12-4-6-14(25-12)18-15(20)10-2-1-7-22-10/h1-7H,8H2,(H,18,20). The summed E-state index contributed by atoms with van der Waals surface area (Å²) in [4.78, 5) is 36.4. The summed E-state index contributed by atoms with van der Waals surface area (Å²) < 4.78 is 10.5. The number of anilines is 1. The lowest BCUT2D eigenvalue weighted by Crippen LogP contribution is -2.12. The van der Waals surface area contributed by atoms with Crippen LogP contribution in [-0.4, -0.2) is 24.3 Å². The fourth-order valence-corrected chi connectivity index (χ4v) is 3.60. The number of esters is 1. The van der Waals surface area contributed by atoms with Crippen LogP contribution in [0.15, 0.2) is 47.1 Å². The monoisotopic (exact) mass is 395 g/mol. The predicted molar refractivity (Wildman–Crippen MR) is 94.9 cm³/mol. The molecule has 0 saturated heterocycles. The molecular formula is C16H10ClNO5S2. The summed E-state index contributed by atoms with van der Waals surface area (Å²) >= 11 is 7.93. The summed E-state index contributed by atoms with van der Waals surface area (Å²) in [5.41, 5.74) is 0. The second-order valence-corrected chi connectivity index (χ2v) is 7.50. The Bertz CT molecular complexity index is 913. The molecule has 0 fully saturated rings. The van der Waals surface area contributed by atoms with E-state index in [4.69, 9.17) is 20.8 Å². The number of ether oxygens (including phenoxy) is 1. The lowest BCUT2D eigenvalue weighted by Gasteiger charge is -2.01. The van der Waals surface area contributed by atoms with Crippen molar-refractivity contribution < 1.29 is 23.5 Å². The van der Waals surface area contributed by atoms with Crippen molar-refractivity contribution in [2.45, 2.75) is 0 Å². The Hall–Kier alpha value is -2.42. The van der Waals surface area contributed by atoms with Crippen LogP contribution in [0.2, 0.25) is 4.34 Å². The van der Waals surface area contributed by atoms with Crippen molar-refractivity contribution in [3.8, 4) is 0 Å². The van der Waals surface area contributed by atoms with Gasteiger partial charge in [-0.25, -0.2) is 4.79 Å². The van der Waals surface area contributed by atoms with Crippen LogP contribution in [-0.2, 0) is 4.74 Å². The maximum absolute atomic E-state index is 12.0. The van der Waals surface area contributed by atoms with Crippen molar-refractivity contribution in [1.29, 1.82) is 0 Å². The SMILES string of the molecule is O=C(Nc1ccc(C(=O)OCC(=O)c2ccc(Cl)s2)s1)c1ccco1. The van der Waals surface area contributed by atoms with Gasteiger partial charge in [-0.15, -0.1) is 22.7 Å². The molecule has 0 saturated carbocycles. The normalized spacial score (nSPS) is 10.4. The number of hydrogen-bond acceptors (Lipinski definition) is 7. The number of ketones is 1. The molecule has 9 heteroatoms. The second-order valence-electron chi connectivity index (χ2n) is 4.70. The Kier molecular flexibility index (Phi) is 5.32. The first-order chi connectivity index (χ1) is 12.0. The topological polar surface area (TPSA) is 85.6 Å². The van der Waals surface area contributed by atoms with Gasteiger partial charge in [0.2, 0.25) is 5.78 Å². The smallest absolute Gasteiger partial charge is 0.348 e. The molecule has 1 N–H and O–H groups in total. The largest absolute Gasteiger partial charge is 0.459 e. The summed E-state index contributed by atoms with van der Waals surface area (Å²) in [6.07, 6.45) is 1.39. The van der Waals surface area contributed by atoms with Crippen LogP contribution in [0.3, 0.4) is 0 Å². The van der Waals surface area contributed by atoms with E-state index in [0.717, 1.165) is 22.7 Å². The van der Waals surface area contributed by atoms with Gasteiger partial charge in [-0.2, -0.15) is 0 Å². The van der Waals surface area contributed by atoms with Crippen molar-refractivity contribution in [2.75, 3.05) is 11.9 Å². The lowest BCUT2D eigenvalue weighted by atomic mass is 10.3. The van der Waals surface area contributed by atoms with Crippen molar-refractivity contribution in [1.82, 2.24) is 0 Å². The van der Waals surface area contributed by atoms with Gasteiger partial charge in [-0.3, -0.25) is 9.59 Å². The van der Waals surface area contributed by atoms with Crippen LogP contribution in [0.5, 0.6) is 0 Å². The number of halogens is 1. The highest BCUT2D eigenvalue weighted by Gasteiger charge is 2.16. The highest BCUT2D eigenvalue weighted by Crippen LogP contribution is 2.24. The summed E-state index contributed by atoms with van der Waals surface area (Å²) in [7, 11) is 0. The number of amides is 1. The number of Topliss-reactive ketones (excluding diaryl/α,β-unsaturated/α-hetero) is 1. The molecule has 0 aliphatic heterocycles. The Labute approximate surface area is 155 Å². The lowest BCUT2D eigenvalue weighted by molar-refractivity contribution is 0.0480. The van der Waals surface area contributed by atoms with Crippen molar-refractivity contribution in [2.24, 2.45) is 0 Å². The molecule has 0 bridgehead atoms. The quantitative estimate of drug-likeness (QED) is 0.495. The molecule has 1 amide bonds. The zero-order valence-corrected chi connectivity index (χ0v) is 14.9. The minimum absolute atomic E-state index is 0.165. The van der Waals surface area contributed by atoms with Gasteiger partial charge in [0.1, 0.15) is 4.88 Å². The van der Waals surface area contributed by atoms with E-state index in [9.17, 15) is 14.4 Å². The highest BCUT2D eigenvalue weighted by molar-refractivity contribution is 7.18. The fraction of sp³-hybridized carbons (Fsp3) is 0.0625. The van der Waals surface area contributed by atoms with Gasteiger partial charge in [-0.1, -0.05) is 11.6 Å². The molecule has 0 aliphatic rings. The molecule has 0 aromatic carbocycles. The van der Waals surface area contributed by atoms with Gasteiger partial charge in [0.15, 0.2) is 12.4 Å². The minimum atomic E-state index is -0.639. The summed E-state index contributed by atoms with van der Waals surface area (Å²) in [6.45, 7) is -0.373. The Balaban J connectivity index is 1.55. The number of hydrogen-bond donors (Lipinski definition) is 1. The predicted octanol–water partition coefficient (Wildman–Crippen LogP) is 4.35. The molecule has 6 nitrogen and oxygen atoms in total. The van der Waals surface area contributed by atoms with Crippen LogP contribution in [0.25, 0.3) is 0 Å². The molecule has 25 heavy (non-hydrogen) atoms. The Morgan fingerprint density at radius 2 is 1.88 bits per heavy atom. The first-order valence-electron chi connectivity index (χ1n) is 6.93. The average molecular weight is 396 g/mol. The molecule has 0 aliphatic carbocycles. The number of carbonyl (C=O) groups is 3. The van der Waals surface area contributed by atoms with Crippen molar-refractivity contribution in [3.63, 3.8) is 0 Å². The van der Waals surface area contributed by atoms with Gasteiger partial charge in [-0.05, 0) is 36.4 Å². The van der Waals surface area contributed by atoms with E-state index in [1.54, 1.807) is 24.3 Å². The highest BCUT2D eigenvalue weighted by atomic mass is 35.5. The molecular weight excluding hydrogens is 386 g/mol. The van der Waals surface area contributed by atoms with Gasteiger partial charge in [0.05, 0.1) is 20.5 Å². The van der Waals surface area contributed by atoms with E-state index < -0.39 is 11.9 Å². The van der Waals surface area contributed by atoms with E-state index in [-0.39, 0.29) is 23.0 Å². The van der Waals surface area contributed by atoms with Crippen LogP contribution in [0.1, 0.15) is 29.9 Å². The molecule has 3 heterocycles. The number of thiophene rings is 2. The number of furan rings is 1. The van der Waals surface area contributed by atoms with Crippen molar-refractivity contribution >= 4 is 56.9 Å². The maximum atomic E-state index is 12.0. The summed E-state index contributed by atoms with van der Waals surface area (Å²) in [5, 5.41) is 3.07. The fourth-order valence-electron chi connectivity index (χ4n) is 1.83. The van der Waals surface area contributed by atoms with E-state index in [1.807, 2.05) is 0 Å². The Morgan fingerprint density at radius 3 is 2.56 bits per heavy atom. The number of carbonyl (C=O) groups excluding carboxylic acids is 3. The average Bonchev–Trinajstić information content (AvgIpc) is 3.33. The molecule has 3 aromatic heterocycles. The Morgan fingerprint density at radius 1 is 1.08 bits per heavy atom. The number of rotatable bonds is 6. The summed E-state index contributed by atoms with van der Waals surface area (Å²) in [6, 6.07) is 9.40. The molecule has 0 radical (unpaired) electrons. The molecule has 3 aromatic rings. The van der Waals surface area contributed by atoms with Crippen LogP contribution >= 0.6 is 34.3 Å². The minimum Gasteiger partial charge on any atom is -0.459 e. The third-order valence-corrected chi connectivity index (χ3v) is 5.22. The zero-order chi connectivity index (χ0) is 17.8. The third-order valence-electron chi connectivity index (χ3n) is 2.97. The van der Waals surface area contributed by atoms with E-state index >= 15 is 0 Å². The number of nitrogens with one attached hydrogen (secondary N) is 1. The van der Waals surface area contributed by atoms with Crippen LogP contribution in [0, 0.1) is 0 Å². The third kappa shape index (κ3) is 4.36. The van der Waals surface area contributed by atoms with Crippen molar-refractivity contribution in [3.05, 3.63) is 62.5 Å². The van der Waals surface area contributed by atoms with E-state index in [1.165, 1.54) is 18.4 Å². The zero-order valence-electron chi connectivity index (χ0n) is 12.5. The van der Waals surface area contributed by atoms with E-state index in [2.05, 4.69) is 5.32 Å². The molecule has 128 valence electrons. The first-order valence-corrected chi connectivity index (χ1v) is 8.94.